The molecule has 1 saturated carbocycles. The lowest BCUT2D eigenvalue weighted by molar-refractivity contribution is -0.0157. The summed E-state index contributed by atoms with van der Waals surface area (Å²) < 4.78 is 10.5. The lowest BCUT2D eigenvalue weighted by atomic mass is 10.1. The number of ether oxygens (including phenoxy) is 2. The van der Waals surface area contributed by atoms with E-state index in [1.54, 1.807) is 14.2 Å². The van der Waals surface area contributed by atoms with Crippen molar-refractivity contribution in [2.45, 2.75) is 32.0 Å². The Morgan fingerprint density at radius 2 is 1.40 bits per heavy atom. The van der Waals surface area contributed by atoms with Crippen molar-refractivity contribution in [3.8, 4) is 0 Å². The minimum absolute atomic E-state index is 0.333. The molecule has 0 saturated heterocycles. The van der Waals surface area contributed by atoms with Crippen molar-refractivity contribution in [3.63, 3.8) is 0 Å². The van der Waals surface area contributed by atoms with E-state index in [-0.39, 0.29) is 0 Å². The molecular weight excluding hydrogens is 128 g/mol. The fraction of sp³-hybridized carbons (Fsp3) is 1.00. The lowest BCUT2D eigenvalue weighted by Gasteiger charge is -2.15. The Balaban J connectivity index is 2.41. The van der Waals surface area contributed by atoms with Crippen molar-refractivity contribution in [1.29, 1.82) is 0 Å². The first-order chi connectivity index (χ1) is 4.77. The standard InChI is InChI=1S/C8H16O2/c1-6-4-7(9-2)8(5-6)10-3/h6-8H,4-5H2,1-3H3. The van der Waals surface area contributed by atoms with Gasteiger partial charge >= 0.3 is 0 Å². The summed E-state index contributed by atoms with van der Waals surface area (Å²) in [5.74, 6) is 0.759. The second-order valence-corrected chi connectivity index (χ2v) is 3.12. The Morgan fingerprint density at radius 1 is 1.00 bits per heavy atom. The molecule has 0 spiro atoms. The quantitative estimate of drug-likeness (QED) is 0.584. The summed E-state index contributed by atoms with van der Waals surface area (Å²) in [6.07, 6.45) is 2.96. The zero-order chi connectivity index (χ0) is 7.56. The van der Waals surface area contributed by atoms with E-state index in [1.807, 2.05) is 0 Å². The average molecular weight is 144 g/mol. The number of rotatable bonds is 2. The summed E-state index contributed by atoms with van der Waals surface area (Å²) in [6, 6.07) is 0. The molecule has 0 aromatic rings. The Labute approximate surface area is 62.5 Å². The second-order valence-electron chi connectivity index (χ2n) is 3.12. The molecule has 1 rings (SSSR count). The van der Waals surface area contributed by atoms with Gasteiger partial charge in [-0.3, -0.25) is 0 Å². The molecule has 60 valence electrons. The third-order valence-corrected chi connectivity index (χ3v) is 2.29. The van der Waals surface area contributed by atoms with E-state index >= 15 is 0 Å². The Kier molecular flexibility index (Phi) is 2.69. The number of hydrogen-bond acceptors (Lipinski definition) is 2. The first-order valence-electron chi connectivity index (χ1n) is 3.83. The van der Waals surface area contributed by atoms with Gasteiger partial charge in [-0.2, -0.15) is 0 Å². The normalized spacial score (nSPS) is 40.5. The van der Waals surface area contributed by atoms with E-state index in [0.717, 1.165) is 18.8 Å². The zero-order valence-corrected chi connectivity index (χ0v) is 6.96. The third-order valence-electron chi connectivity index (χ3n) is 2.29. The van der Waals surface area contributed by atoms with E-state index in [1.165, 1.54) is 0 Å². The van der Waals surface area contributed by atoms with Gasteiger partial charge in [0, 0.05) is 14.2 Å². The van der Waals surface area contributed by atoms with E-state index in [9.17, 15) is 0 Å². The molecule has 0 bridgehead atoms. The van der Waals surface area contributed by atoms with Gasteiger partial charge in [0.2, 0.25) is 0 Å². The highest BCUT2D eigenvalue weighted by Gasteiger charge is 2.31. The number of methoxy groups -OCH3 is 2. The molecule has 0 radical (unpaired) electrons. The summed E-state index contributed by atoms with van der Waals surface area (Å²) in [7, 11) is 3.52. The van der Waals surface area contributed by atoms with Gasteiger partial charge in [-0.15, -0.1) is 0 Å². The summed E-state index contributed by atoms with van der Waals surface area (Å²) in [5.41, 5.74) is 0. The summed E-state index contributed by atoms with van der Waals surface area (Å²) in [6.45, 7) is 2.24. The molecule has 0 aliphatic heterocycles. The molecule has 0 N–H and O–H groups in total. The maximum atomic E-state index is 5.26. The monoisotopic (exact) mass is 144 g/mol. The highest BCUT2D eigenvalue weighted by Crippen LogP contribution is 2.28. The Bertz CT molecular complexity index is 91.4. The molecular formula is C8H16O2. The minimum Gasteiger partial charge on any atom is -0.379 e. The van der Waals surface area contributed by atoms with Crippen molar-refractivity contribution in [2.75, 3.05) is 14.2 Å². The fourth-order valence-corrected chi connectivity index (χ4v) is 1.69. The topological polar surface area (TPSA) is 18.5 Å². The van der Waals surface area contributed by atoms with Crippen molar-refractivity contribution in [2.24, 2.45) is 5.92 Å². The van der Waals surface area contributed by atoms with Gasteiger partial charge in [-0.05, 0) is 18.8 Å². The van der Waals surface area contributed by atoms with Crippen LogP contribution in [-0.4, -0.2) is 26.4 Å². The van der Waals surface area contributed by atoms with Crippen molar-refractivity contribution in [3.05, 3.63) is 0 Å². The molecule has 0 aromatic carbocycles. The smallest absolute Gasteiger partial charge is 0.0835 e. The SMILES string of the molecule is COC1CC(C)CC1OC. The van der Waals surface area contributed by atoms with Crippen LogP contribution in [0.4, 0.5) is 0 Å². The van der Waals surface area contributed by atoms with Crippen LogP contribution in [0.2, 0.25) is 0 Å². The third kappa shape index (κ3) is 1.50. The predicted octanol–water partition coefficient (Wildman–Crippen LogP) is 1.45. The van der Waals surface area contributed by atoms with Gasteiger partial charge < -0.3 is 9.47 Å². The molecule has 2 atom stereocenters. The van der Waals surface area contributed by atoms with Crippen LogP contribution in [0.15, 0.2) is 0 Å². The summed E-state index contributed by atoms with van der Waals surface area (Å²) >= 11 is 0. The maximum absolute atomic E-state index is 5.26. The Hall–Kier alpha value is -0.0800. The molecule has 2 unspecified atom stereocenters. The van der Waals surface area contributed by atoms with Crippen LogP contribution in [0.3, 0.4) is 0 Å². The molecule has 1 aliphatic carbocycles. The van der Waals surface area contributed by atoms with Crippen LogP contribution in [-0.2, 0) is 9.47 Å². The number of hydrogen-bond donors (Lipinski definition) is 0. The molecule has 0 heterocycles. The molecule has 0 amide bonds. The van der Waals surface area contributed by atoms with Gasteiger partial charge in [0.15, 0.2) is 0 Å². The van der Waals surface area contributed by atoms with E-state index in [2.05, 4.69) is 6.92 Å². The lowest BCUT2D eigenvalue weighted by Crippen LogP contribution is -2.23. The van der Waals surface area contributed by atoms with E-state index in [4.69, 9.17) is 9.47 Å². The predicted molar refractivity (Wildman–Crippen MR) is 40.0 cm³/mol. The summed E-state index contributed by atoms with van der Waals surface area (Å²) in [5, 5.41) is 0. The van der Waals surface area contributed by atoms with E-state index < -0.39 is 0 Å². The molecule has 1 fully saturated rings. The van der Waals surface area contributed by atoms with Gasteiger partial charge in [-0.25, -0.2) is 0 Å². The van der Waals surface area contributed by atoms with Gasteiger partial charge in [0.05, 0.1) is 12.2 Å². The molecule has 10 heavy (non-hydrogen) atoms. The highest BCUT2D eigenvalue weighted by molar-refractivity contribution is 4.82. The van der Waals surface area contributed by atoms with E-state index in [0.29, 0.717) is 12.2 Å². The maximum Gasteiger partial charge on any atom is 0.0835 e. The van der Waals surface area contributed by atoms with Crippen LogP contribution in [0.1, 0.15) is 19.8 Å². The van der Waals surface area contributed by atoms with Crippen molar-refractivity contribution < 1.29 is 9.47 Å². The average Bonchev–Trinajstić information content (AvgIpc) is 2.30. The van der Waals surface area contributed by atoms with Crippen LogP contribution >= 0.6 is 0 Å². The molecule has 0 aromatic heterocycles. The van der Waals surface area contributed by atoms with Crippen LogP contribution in [0.5, 0.6) is 0 Å². The van der Waals surface area contributed by atoms with Crippen molar-refractivity contribution >= 4 is 0 Å². The highest BCUT2D eigenvalue weighted by atomic mass is 16.5. The first kappa shape index (κ1) is 8.02. The van der Waals surface area contributed by atoms with Gasteiger partial charge in [0.25, 0.3) is 0 Å². The van der Waals surface area contributed by atoms with Gasteiger partial charge in [0.1, 0.15) is 0 Å². The summed E-state index contributed by atoms with van der Waals surface area (Å²) in [4.78, 5) is 0. The molecule has 1 aliphatic rings. The molecule has 2 nitrogen and oxygen atoms in total. The van der Waals surface area contributed by atoms with Crippen LogP contribution in [0.25, 0.3) is 0 Å². The van der Waals surface area contributed by atoms with Gasteiger partial charge in [-0.1, -0.05) is 6.92 Å². The van der Waals surface area contributed by atoms with Crippen LogP contribution < -0.4 is 0 Å². The first-order valence-corrected chi connectivity index (χ1v) is 3.83. The minimum atomic E-state index is 0.333. The fourth-order valence-electron chi connectivity index (χ4n) is 1.69. The van der Waals surface area contributed by atoms with Crippen molar-refractivity contribution in [1.82, 2.24) is 0 Å². The molecule has 2 heteroatoms. The Morgan fingerprint density at radius 3 is 1.70 bits per heavy atom. The van der Waals surface area contributed by atoms with Crippen LogP contribution in [0, 0.1) is 5.92 Å². The zero-order valence-electron chi connectivity index (χ0n) is 6.96. The largest absolute Gasteiger partial charge is 0.379 e. The second kappa shape index (κ2) is 3.35.